The number of anilines is 1. The van der Waals surface area contributed by atoms with E-state index in [1.807, 2.05) is 0 Å². The Labute approximate surface area is 185 Å². The van der Waals surface area contributed by atoms with Crippen molar-refractivity contribution in [3.05, 3.63) is 46.5 Å². The van der Waals surface area contributed by atoms with E-state index in [2.05, 4.69) is 14.7 Å². The van der Waals surface area contributed by atoms with Crippen LogP contribution in [0.2, 0.25) is 0 Å². The van der Waals surface area contributed by atoms with Crippen molar-refractivity contribution in [3.63, 3.8) is 0 Å². The zero-order valence-electron chi connectivity index (χ0n) is 17.1. The summed E-state index contributed by atoms with van der Waals surface area (Å²) in [5.41, 5.74) is 5.29. The number of nitrogen functional groups attached to an aromatic ring is 1. The van der Waals surface area contributed by atoms with Gasteiger partial charge in [-0.05, 0) is 24.3 Å². The number of ether oxygens (including phenoxy) is 1. The van der Waals surface area contributed by atoms with Gasteiger partial charge in [0, 0.05) is 6.54 Å². The van der Waals surface area contributed by atoms with Crippen molar-refractivity contribution in [2.45, 2.75) is 29.4 Å². The standard InChI is InChI=1S/C18H20N6O8S/c1-23-7-24(14-11(23)15(27)22-18(19)21-14)16-13(26)12(25)10(32-16)6-20-33(30,31)9-4-2-8(3-5-9)17(28)29/h2-5,7,10,12-13,16,20,25-26H,6H2,1H3,(H3-,19,21,22,27,28,29)/p+1/t10-,12-,13-,16-/m1/s1. The Balaban J connectivity index is 1.54. The Morgan fingerprint density at radius 3 is 2.61 bits per heavy atom. The summed E-state index contributed by atoms with van der Waals surface area (Å²) in [6, 6.07) is 4.56. The van der Waals surface area contributed by atoms with Crippen LogP contribution in [0.15, 0.2) is 40.3 Å². The fraction of sp³-hybridized carbons (Fsp3) is 0.333. The quantitative estimate of drug-likeness (QED) is 0.202. The number of nitrogens with zero attached hydrogens (tertiary/aromatic N) is 3. The van der Waals surface area contributed by atoms with Gasteiger partial charge in [0.05, 0.1) is 17.5 Å². The second kappa shape index (κ2) is 8.20. The number of aliphatic hydroxyl groups is 2. The van der Waals surface area contributed by atoms with Crippen LogP contribution in [0.5, 0.6) is 0 Å². The predicted molar refractivity (Wildman–Crippen MR) is 110 cm³/mol. The molecule has 1 aliphatic rings. The topological polar surface area (TPSA) is 214 Å². The Kier molecular flexibility index (Phi) is 5.67. The number of H-pyrrole nitrogens is 1. The Morgan fingerprint density at radius 2 is 1.97 bits per heavy atom. The van der Waals surface area contributed by atoms with E-state index >= 15 is 0 Å². The fourth-order valence-corrected chi connectivity index (χ4v) is 4.68. The van der Waals surface area contributed by atoms with Gasteiger partial charge in [0.2, 0.25) is 21.8 Å². The van der Waals surface area contributed by atoms with Crippen LogP contribution in [0.4, 0.5) is 5.95 Å². The monoisotopic (exact) mass is 481 g/mol. The molecule has 0 aliphatic carbocycles. The van der Waals surface area contributed by atoms with E-state index in [-0.39, 0.29) is 34.1 Å². The third-order valence-corrected chi connectivity index (χ3v) is 6.73. The molecule has 3 heterocycles. The average Bonchev–Trinajstić information content (AvgIpc) is 3.23. The highest BCUT2D eigenvalue weighted by Crippen LogP contribution is 2.26. The largest absolute Gasteiger partial charge is 0.478 e. The maximum atomic E-state index is 12.5. The van der Waals surface area contributed by atoms with Crippen LogP contribution in [0.1, 0.15) is 16.6 Å². The second-order valence-corrected chi connectivity index (χ2v) is 9.25. The lowest BCUT2D eigenvalue weighted by Crippen LogP contribution is -2.46. The van der Waals surface area contributed by atoms with E-state index in [0.29, 0.717) is 0 Å². The number of imidazole rings is 1. The number of aromatic nitrogens is 4. The normalized spacial score (nSPS) is 23.2. The summed E-state index contributed by atoms with van der Waals surface area (Å²) in [5, 5.41) is 29.9. The van der Waals surface area contributed by atoms with Crippen molar-refractivity contribution in [1.29, 1.82) is 0 Å². The zero-order chi connectivity index (χ0) is 24.1. The predicted octanol–water partition coefficient (Wildman–Crippen LogP) is -2.57. The van der Waals surface area contributed by atoms with Gasteiger partial charge in [-0.25, -0.2) is 22.5 Å². The number of aliphatic hydroxyl groups excluding tert-OH is 2. The molecule has 176 valence electrons. The number of fused-ring (bicyclic) bond motifs is 1. The lowest BCUT2D eigenvalue weighted by molar-refractivity contribution is -0.745. The first kappa shape index (κ1) is 22.8. The number of sulfonamides is 1. The van der Waals surface area contributed by atoms with Crippen LogP contribution in [-0.2, 0) is 21.8 Å². The summed E-state index contributed by atoms with van der Waals surface area (Å²) < 4.78 is 35.8. The summed E-state index contributed by atoms with van der Waals surface area (Å²) in [7, 11) is -2.48. The molecule has 1 aromatic carbocycles. The number of carboxylic acids is 1. The van der Waals surface area contributed by atoms with E-state index in [9.17, 15) is 28.2 Å². The molecule has 15 heteroatoms. The highest BCUT2D eigenvalue weighted by molar-refractivity contribution is 7.89. The lowest BCUT2D eigenvalue weighted by atomic mass is 10.1. The SMILES string of the molecule is Cn1c[n+]([C@@H]2O[C@H](CNS(=O)(=O)c3ccc(C(=O)O)cc3)[C@@H](O)[C@H]2O)c2nc(N)[nH]c(=O)c21. The Morgan fingerprint density at radius 1 is 1.30 bits per heavy atom. The number of nitrogens with one attached hydrogen (secondary N) is 2. The van der Waals surface area contributed by atoms with Gasteiger partial charge in [-0.1, -0.05) is 4.98 Å². The molecule has 0 spiro atoms. The first-order valence-electron chi connectivity index (χ1n) is 9.60. The molecule has 4 atom stereocenters. The van der Waals surface area contributed by atoms with Gasteiger partial charge in [0.1, 0.15) is 18.3 Å². The van der Waals surface area contributed by atoms with Crippen molar-refractivity contribution in [1.82, 2.24) is 19.3 Å². The van der Waals surface area contributed by atoms with E-state index in [1.165, 1.54) is 15.5 Å². The molecular weight excluding hydrogens is 460 g/mol. The van der Waals surface area contributed by atoms with Crippen molar-refractivity contribution >= 4 is 33.1 Å². The smallest absolute Gasteiger partial charge is 0.335 e. The third-order valence-electron chi connectivity index (χ3n) is 5.29. The molecule has 0 amide bonds. The molecule has 0 unspecified atom stereocenters. The van der Waals surface area contributed by atoms with Crippen LogP contribution in [0.3, 0.4) is 0 Å². The molecule has 0 bridgehead atoms. The van der Waals surface area contributed by atoms with Crippen molar-refractivity contribution in [3.8, 4) is 0 Å². The molecule has 4 rings (SSSR count). The van der Waals surface area contributed by atoms with Gasteiger partial charge < -0.3 is 25.8 Å². The summed E-state index contributed by atoms with van der Waals surface area (Å²) in [6.45, 7) is -0.390. The molecule has 1 fully saturated rings. The minimum Gasteiger partial charge on any atom is -0.478 e. The fourth-order valence-electron chi connectivity index (χ4n) is 3.63. The van der Waals surface area contributed by atoms with Gasteiger partial charge in [0.25, 0.3) is 11.5 Å². The van der Waals surface area contributed by atoms with Crippen molar-refractivity contribution < 1.29 is 37.8 Å². The van der Waals surface area contributed by atoms with Crippen molar-refractivity contribution in [2.75, 3.05) is 12.3 Å². The number of aromatic amines is 1. The summed E-state index contributed by atoms with van der Waals surface area (Å²) in [4.78, 5) is 29.4. The average molecular weight is 481 g/mol. The van der Waals surface area contributed by atoms with E-state index < -0.39 is 46.1 Å². The highest BCUT2D eigenvalue weighted by atomic mass is 32.2. The van der Waals surface area contributed by atoms with Crippen LogP contribution in [0.25, 0.3) is 11.2 Å². The molecular formula is C18H21N6O8S+. The molecule has 0 radical (unpaired) electrons. The molecule has 0 saturated carbocycles. The van der Waals surface area contributed by atoms with E-state index in [4.69, 9.17) is 15.6 Å². The van der Waals surface area contributed by atoms with Gasteiger partial charge >= 0.3 is 11.6 Å². The summed E-state index contributed by atoms with van der Waals surface area (Å²) >= 11 is 0. The van der Waals surface area contributed by atoms with E-state index in [1.54, 1.807) is 7.05 Å². The number of benzene rings is 1. The molecule has 14 nitrogen and oxygen atoms in total. The number of rotatable bonds is 6. The maximum absolute atomic E-state index is 12.5. The molecule has 1 aliphatic heterocycles. The van der Waals surface area contributed by atoms with Crippen LogP contribution in [0, 0.1) is 0 Å². The van der Waals surface area contributed by atoms with Gasteiger partial charge in [0.15, 0.2) is 6.33 Å². The Hall–Kier alpha value is -3.37. The van der Waals surface area contributed by atoms with Crippen LogP contribution in [-0.4, -0.2) is 69.1 Å². The van der Waals surface area contributed by atoms with Crippen LogP contribution < -0.4 is 20.6 Å². The molecule has 7 N–H and O–H groups in total. The molecule has 33 heavy (non-hydrogen) atoms. The van der Waals surface area contributed by atoms with E-state index in [0.717, 1.165) is 24.3 Å². The number of hydrogen-bond donors (Lipinski definition) is 6. The number of hydrogen-bond acceptors (Lipinski definition) is 9. The summed E-state index contributed by atoms with van der Waals surface area (Å²) in [5.74, 6) is -1.35. The Bertz CT molecular complexity index is 1380. The number of nitrogens with two attached hydrogens (primary N) is 1. The first-order valence-corrected chi connectivity index (χ1v) is 11.1. The summed E-state index contributed by atoms with van der Waals surface area (Å²) in [6.07, 6.45) is -3.81. The lowest BCUT2D eigenvalue weighted by Gasteiger charge is -2.15. The molecule has 1 saturated heterocycles. The van der Waals surface area contributed by atoms with Gasteiger partial charge in [-0.2, -0.15) is 0 Å². The van der Waals surface area contributed by atoms with Gasteiger partial charge in [-0.15, -0.1) is 0 Å². The number of carboxylic acid groups (broad SMARTS) is 1. The second-order valence-electron chi connectivity index (χ2n) is 7.48. The first-order chi connectivity index (χ1) is 15.5. The number of aryl methyl sites for hydroxylation is 1. The van der Waals surface area contributed by atoms with Gasteiger partial charge in [-0.3, -0.25) is 14.3 Å². The number of carbonyl (C=O) groups is 1. The number of aromatic carboxylic acids is 1. The molecule has 2 aromatic heterocycles. The van der Waals surface area contributed by atoms with Crippen LogP contribution >= 0.6 is 0 Å². The third kappa shape index (κ3) is 4.07. The molecule has 3 aromatic rings. The minimum atomic E-state index is -4.06. The minimum absolute atomic E-state index is 0.0744. The zero-order valence-corrected chi connectivity index (χ0v) is 17.9. The van der Waals surface area contributed by atoms with Crippen molar-refractivity contribution in [2.24, 2.45) is 7.05 Å². The maximum Gasteiger partial charge on any atom is 0.335 e. The highest BCUT2D eigenvalue weighted by Gasteiger charge is 2.47.